The van der Waals surface area contributed by atoms with Crippen molar-refractivity contribution >= 4 is 13.6 Å². The molecule has 1 fully saturated rings. The molecule has 1 aromatic carbocycles. The molecule has 0 saturated carbocycles. The van der Waals surface area contributed by atoms with E-state index in [-0.39, 0.29) is 12.0 Å². The number of carbonyl (C=O) groups is 1. The predicted octanol–water partition coefficient (Wildman–Crippen LogP) is 1.97. The van der Waals surface area contributed by atoms with Crippen molar-refractivity contribution in [2.24, 2.45) is 0 Å². The van der Waals surface area contributed by atoms with Crippen LogP contribution in [0.15, 0.2) is 30.3 Å². The Morgan fingerprint density at radius 3 is 2.64 bits per heavy atom. The number of esters is 1. The van der Waals surface area contributed by atoms with E-state index in [9.17, 15) is 4.79 Å². The van der Waals surface area contributed by atoms with Crippen LogP contribution in [0.1, 0.15) is 32.8 Å². The first-order valence-electron chi connectivity index (χ1n) is 7.85. The quantitative estimate of drug-likeness (QED) is 0.632. The average Bonchev–Trinajstić information content (AvgIpc) is 2.61. The van der Waals surface area contributed by atoms with Gasteiger partial charge in [0.25, 0.3) is 0 Å². The second kappa shape index (κ2) is 7.18. The van der Waals surface area contributed by atoms with Gasteiger partial charge in [0.15, 0.2) is 0 Å². The minimum absolute atomic E-state index is 0.225. The average molecular weight is 300 g/mol. The molecular weight excluding hydrogens is 275 g/mol. The number of hydrogen-bond donors (Lipinski definition) is 0. The molecule has 0 spiro atoms. The molecule has 22 heavy (non-hydrogen) atoms. The molecule has 5 heteroatoms. The van der Waals surface area contributed by atoms with E-state index >= 15 is 0 Å². The van der Waals surface area contributed by atoms with Crippen molar-refractivity contribution in [3.05, 3.63) is 35.9 Å². The van der Waals surface area contributed by atoms with Crippen molar-refractivity contribution in [2.45, 2.75) is 45.4 Å². The van der Waals surface area contributed by atoms with Crippen LogP contribution in [0.4, 0.5) is 0 Å². The Bertz CT molecular complexity index is 525. The van der Waals surface area contributed by atoms with Gasteiger partial charge in [-0.25, -0.2) is 0 Å². The summed E-state index contributed by atoms with van der Waals surface area (Å²) >= 11 is 0. The predicted molar refractivity (Wildman–Crippen MR) is 86.9 cm³/mol. The molecule has 1 atom stereocenters. The van der Waals surface area contributed by atoms with Crippen LogP contribution in [0.3, 0.4) is 0 Å². The first kappa shape index (κ1) is 16.9. The van der Waals surface area contributed by atoms with Crippen molar-refractivity contribution in [3.63, 3.8) is 0 Å². The normalized spacial score (nSPS) is 20.5. The second-order valence-corrected chi connectivity index (χ2v) is 6.84. The molecule has 117 valence electrons. The van der Waals surface area contributed by atoms with Crippen LogP contribution < -0.4 is 0 Å². The Balaban J connectivity index is 1.95. The molecule has 1 radical (unpaired) electrons. The molecule has 0 bridgehead atoms. The number of carbonyl (C=O) groups excluding carboxylic acids is 1. The Kier molecular flexibility index (Phi) is 5.51. The summed E-state index contributed by atoms with van der Waals surface area (Å²) in [5.41, 5.74) is 0.801. The van der Waals surface area contributed by atoms with E-state index in [2.05, 4.69) is 17.0 Å². The fourth-order valence-electron chi connectivity index (χ4n) is 2.62. The molecule has 0 aromatic heterocycles. The summed E-state index contributed by atoms with van der Waals surface area (Å²) in [5.74, 6) is -0.225. The molecule has 1 aliphatic heterocycles. The van der Waals surface area contributed by atoms with E-state index in [1.165, 1.54) is 5.56 Å². The minimum atomic E-state index is -0.478. The van der Waals surface area contributed by atoms with E-state index in [1.807, 2.05) is 39.0 Å². The number of benzene rings is 1. The van der Waals surface area contributed by atoms with Gasteiger partial charge in [0.2, 0.25) is 0 Å². The van der Waals surface area contributed by atoms with Crippen molar-refractivity contribution in [3.8, 4) is 0 Å². The van der Waals surface area contributed by atoms with Gasteiger partial charge in [-0.3, -0.25) is 0 Å². The summed E-state index contributed by atoms with van der Waals surface area (Å²) in [5, 5.41) is 0. The maximum atomic E-state index is 12.3. The van der Waals surface area contributed by atoms with Crippen molar-refractivity contribution in [2.75, 3.05) is 19.6 Å². The Morgan fingerprint density at radius 2 is 2.00 bits per heavy atom. The van der Waals surface area contributed by atoms with E-state index in [0.717, 1.165) is 19.6 Å². The standard InChI is InChI=1S/C17H25BN2O2/c1-17(2,3)22-16(21)15-9-10-19(11-12-20(15)18)13-14-7-5-4-6-8-14/h4-8,15H,9-13H2,1-3H3/q+1. The summed E-state index contributed by atoms with van der Waals surface area (Å²) in [6, 6.07) is 10.00. The zero-order valence-electron chi connectivity index (χ0n) is 13.8. The topological polar surface area (TPSA) is 32.5 Å². The van der Waals surface area contributed by atoms with Crippen LogP contribution >= 0.6 is 0 Å². The molecule has 0 aliphatic carbocycles. The van der Waals surface area contributed by atoms with Gasteiger partial charge in [0.1, 0.15) is 0 Å². The Labute approximate surface area is 134 Å². The fourth-order valence-corrected chi connectivity index (χ4v) is 2.62. The third-order valence-electron chi connectivity index (χ3n) is 3.72. The summed E-state index contributed by atoms with van der Waals surface area (Å²) < 4.78 is 7.10. The van der Waals surface area contributed by atoms with Crippen LogP contribution in [-0.4, -0.2) is 54.3 Å². The summed E-state index contributed by atoms with van der Waals surface area (Å²) in [6.07, 6.45) is 0.693. The molecule has 1 aliphatic rings. The number of ether oxygens (including phenoxy) is 1. The maximum absolute atomic E-state index is 12.3. The Morgan fingerprint density at radius 1 is 1.32 bits per heavy atom. The fraction of sp³-hybridized carbons (Fsp3) is 0.588. The van der Waals surface area contributed by atoms with Crippen molar-refractivity contribution in [1.82, 2.24) is 4.90 Å². The Hall–Kier alpha value is -1.49. The van der Waals surface area contributed by atoms with Crippen molar-refractivity contribution in [1.29, 1.82) is 0 Å². The van der Waals surface area contributed by atoms with Crippen LogP contribution in [0, 0.1) is 0 Å². The van der Waals surface area contributed by atoms with E-state index in [0.29, 0.717) is 13.0 Å². The van der Waals surface area contributed by atoms with Crippen molar-refractivity contribution < 1.29 is 14.0 Å². The number of rotatable bonds is 3. The zero-order chi connectivity index (χ0) is 16.2. The molecule has 1 heterocycles. The third kappa shape index (κ3) is 5.06. The van der Waals surface area contributed by atoms with Gasteiger partial charge in [-0.1, -0.05) is 0 Å². The number of hydrogen-bond acceptors (Lipinski definition) is 3. The summed E-state index contributed by atoms with van der Waals surface area (Å²) in [7, 11) is 6.06. The van der Waals surface area contributed by atoms with Crippen LogP contribution in [0.25, 0.3) is 0 Å². The van der Waals surface area contributed by atoms with Gasteiger partial charge in [0.05, 0.1) is 0 Å². The molecular formula is C17H25BN2O2+. The van der Waals surface area contributed by atoms with Crippen LogP contribution in [-0.2, 0) is 16.1 Å². The van der Waals surface area contributed by atoms with Gasteiger partial charge < -0.3 is 0 Å². The van der Waals surface area contributed by atoms with Crippen LogP contribution in [0.5, 0.6) is 0 Å². The molecule has 1 unspecified atom stereocenters. The molecule has 1 saturated heterocycles. The number of nitrogens with zero attached hydrogens (tertiary/aromatic N) is 2. The second-order valence-electron chi connectivity index (χ2n) is 6.84. The third-order valence-corrected chi connectivity index (χ3v) is 3.72. The first-order chi connectivity index (χ1) is 10.3. The van der Waals surface area contributed by atoms with E-state index in [4.69, 9.17) is 12.4 Å². The summed E-state index contributed by atoms with van der Waals surface area (Å²) in [6.45, 7) is 8.88. The zero-order valence-corrected chi connectivity index (χ0v) is 13.8. The van der Waals surface area contributed by atoms with Gasteiger partial charge in [-0.2, -0.15) is 0 Å². The van der Waals surface area contributed by atoms with Crippen LogP contribution in [0.2, 0.25) is 0 Å². The van der Waals surface area contributed by atoms with Gasteiger partial charge in [-0.15, -0.1) is 0 Å². The van der Waals surface area contributed by atoms with Gasteiger partial charge in [-0.05, 0) is 0 Å². The molecule has 2 rings (SSSR count). The molecule has 4 nitrogen and oxygen atoms in total. The first-order valence-corrected chi connectivity index (χ1v) is 7.85. The summed E-state index contributed by atoms with van der Waals surface area (Å²) in [4.78, 5) is 14.6. The van der Waals surface area contributed by atoms with E-state index in [1.54, 1.807) is 4.48 Å². The SMILES string of the molecule is [B]=[N+]1CCN(Cc2ccccc2)CCC1C(=O)OC(C)(C)C. The van der Waals surface area contributed by atoms with Gasteiger partial charge in [0, 0.05) is 0 Å². The monoisotopic (exact) mass is 300 g/mol. The van der Waals surface area contributed by atoms with E-state index < -0.39 is 5.60 Å². The molecule has 0 amide bonds. The molecule has 1 aromatic rings. The molecule has 0 N–H and O–H groups in total. The van der Waals surface area contributed by atoms with Gasteiger partial charge >= 0.3 is 133 Å².